The molecule has 0 aliphatic carbocycles. The predicted octanol–water partition coefficient (Wildman–Crippen LogP) is 4.85. The molecule has 8 heteroatoms. The number of nitrogens with one attached hydrogen (secondary N) is 1. The second-order valence-electron chi connectivity index (χ2n) is 7.19. The summed E-state index contributed by atoms with van der Waals surface area (Å²) in [7, 11) is -3.70. The van der Waals surface area contributed by atoms with Crippen LogP contribution in [0, 0.1) is 0 Å². The fourth-order valence-corrected chi connectivity index (χ4v) is 6.13. The van der Waals surface area contributed by atoms with Gasteiger partial charge in [-0.25, -0.2) is 8.42 Å². The van der Waals surface area contributed by atoms with E-state index in [1.165, 1.54) is 21.7 Å². The molecule has 162 valence electrons. The van der Waals surface area contributed by atoms with Gasteiger partial charge >= 0.3 is 0 Å². The average Bonchev–Trinajstić information content (AvgIpc) is 3.48. The molecule has 0 bridgehead atoms. The maximum absolute atomic E-state index is 13.2. The van der Waals surface area contributed by atoms with Crippen molar-refractivity contribution >= 4 is 33.0 Å². The first kappa shape index (κ1) is 21.5. The Hall–Kier alpha value is -2.68. The Morgan fingerprint density at radius 3 is 2.55 bits per heavy atom. The summed E-state index contributed by atoms with van der Waals surface area (Å²) in [5.74, 6) is 0.0241. The number of sulfonamides is 1. The second-order valence-corrected chi connectivity index (χ2v) is 10.0. The zero-order chi connectivity index (χ0) is 21.8. The van der Waals surface area contributed by atoms with Crippen molar-refractivity contribution in [2.45, 2.75) is 24.7 Å². The van der Waals surface area contributed by atoms with E-state index in [2.05, 4.69) is 5.32 Å². The van der Waals surface area contributed by atoms with E-state index in [0.29, 0.717) is 36.0 Å². The van der Waals surface area contributed by atoms with Gasteiger partial charge in [0.1, 0.15) is 10.6 Å². The molecule has 1 aliphatic rings. The standard InChI is InChI=1S/C23H24N2O4S2/c1-2-29-20-11-10-18(16-21(20)31(27,28)25-13-6-7-14-25)24-23(26)22-19(12-15-30-22)17-8-4-3-5-9-17/h3-5,8-12,15-16H,2,6-7,13-14H2,1H3,(H,24,26). The van der Waals surface area contributed by atoms with Crippen LogP contribution in [0.5, 0.6) is 5.75 Å². The van der Waals surface area contributed by atoms with Crippen molar-refractivity contribution in [1.82, 2.24) is 4.31 Å². The molecular formula is C23H24N2O4S2. The van der Waals surface area contributed by atoms with Gasteiger partial charge in [0, 0.05) is 24.3 Å². The first-order valence-corrected chi connectivity index (χ1v) is 12.5. The van der Waals surface area contributed by atoms with Crippen LogP contribution in [0.1, 0.15) is 29.4 Å². The Kier molecular flexibility index (Phi) is 6.41. The number of carbonyl (C=O) groups excluding carboxylic acids is 1. The van der Waals surface area contributed by atoms with E-state index in [1.807, 2.05) is 48.7 Å². The highest BCUT2D eigenvalue weighted by Crippen LogP contribution is 2.33. The van der Waals surface area contributed by atoms with Crippen molar-refractivity contribution in [2.24, 2.45) is 0 Å². The van der Waals surface area contributed by atoms with E-state index >= 15 is 0 Å². The van der Waals surface area contributed by atoms with Gasteiger partial charge in [-0.15, -0.1) is 11.3 Å². The van der Waals surface area contributed by atoms with E-state index in [4.69, 9.17) is 4.74 Å². The molecular weight excluding hydrogens is 432 g/mol. The van der Waals surface area contributed by atoms with Crippen LogP contribution in [0.4, 0.5) is 5.69 Å². The largest absolute Gasteiger partial charge is 0.492 e. The number of benzene rings is 2. The van der Waals surface area contributed by atoms with Gasteiger partial charge in [-0.1, -0.05) is 30.3 Å². The third kappa shape index (κ3) is 4.51. The maximum Gasteiger partial charge on any atom is 0.266 e. The van der Waals surface area contributed by atoms with Gasteiger partial charge in [-0.05, 0) is 55.0 Å². The molecule has 2 aromatic carbocycles. The predicted molar refractivity (Wildman–Crippen MR) is 123 cm³/mol. The molecule has 1 fully saturated rings. The normalized spacial score (nSPS) is 14.5. The summed E-state index contributed by atoms with van der Waals surface area (Å²) >= 11 is 1.35. The quantitative estimate of drug-likeness (QED) is 0.551. The minimum atomic E-state index is -3.70. The van der Waals surface area contributed by atoms with Gasteiger partial charge in [0.2, 0.25) is 10.0 Å². The van der Waals surface area contributed by atoms with Crippen molar-refractivity contribution in [3.8, 4) is 16.9 Å². The smallest absolute Gasteiger partial charge is 0.266 e. The maximum atomic E-state index is 13.2. The third-order valence-electron chi connectivity index (χ3n) is 5.14. The first-order chi connectivity index (χ1) is 15.0. The van der Waals surface area contributed by atoms with Crippen LogP contribution in [0.25, 0.3) is 11.1 Å². The van der Waals surface area contributed by atoms with Gasteiger partial charge < -0.3 is 10.1 Å². The Balaban J connectivity index is 1.64. The summed E-state index contributed by atoms with van der Waals surface area (Å²) in [5.41, 5.74) is 2.22. The molecule has 1 aromatic heterocycles. The molecule has 1 amide bonds. The van der Waals surface area contributed by atoms with Gasteiger partial charge in [0.05, 0.1) is 11.5 Å². The Morgan fingerprint density at radius 2 is 1.84 bits per heavy atom. The number of nitrogens with zero attached hydrogens (tertiary/aromatic N) is 1. The molecule has 0 unspecified atom stereocenters. The van der Waals surface area contributed by atoms with Crippen LogP contribution >= 0.6 is 11.3 Å². The second kappa shape index (κ2) is 9.21. The lowest BCUT2D eigenvalue weighted by molar-refractivity contribution is 0.103. The van der Waals surface area contributed by atoms with E-state index in [1.54, 1.807) is 12.1 Å². The number of hydrogen-bond acceptors (Lipinski definition) is 5. The van der Waals surface area contributed by atoms with Gasteiger partial charge in [0.25, 0.3) is 5.91 Å². The molecule has 0 atom stereocenters. The van der Waals surface area contributed by atoms with E-state index in [9.17, 15) is 13.2 Å². The molecule has 31 heavy (non-hydrogen) atoms. The Morgan fingerprint density at radius 1 is 1.10 bits per heavy atom. The van der Waals surface area contributed by atoms with Crippen LogP contribution < -0.4 is 10.1 Å². The molecule has 1 saturated heterocycles. The van der Waals surface area contributed by atoms with Crippen LogP contribution in [-0.4, -0.2) is 38.3 Å². The number of ether oxygens (including phenoxy) is 1. The van der Waals surface area contributed by atoms with Gasteiger partial charge in [-0.2, -0.15) is 4.31 Å². The minimum absolute atomic E-state index is 0.0866. The lowest BCUT2D eigenvalue weighted by Crippen LogP contribution is -2.28. The van der Waals surface area contributed by atoms with Crippen molar-refractivity contribution < 1.29 is 17.9 Å². The van der Waals surface area contributed by atoms with Crippen LogP contribution in [-0.2, 0) is 10.0 Å². The first-order valence-electron chi connectivity index (χ1n) is 10.2. The lowest BCUT2D eigenvalue weighted by Gasteiger charge is -2.19. The Labute approximate surface area is 186 Å². The molecule has 2 heterocycles. The number of amides is 1. The fourth-order valence-electron chi connectivity index (χ4n) is 3.65. The minimum Gasteiger partial charge on any atom is -0.492 e. The zero-order valence-corrected chi connectivity index (χ0v) is 18.8. The summed E-state index contributed by atoms with van der Waals surface area (Å²) in [6.45, 7) is 3.16. The molecule has 0 saturated carbocycles. The van der Waals surface area contributed by atoms with E-state index in [-0.39, 0.29) is 10.8 Å². The van der Waals surface area contributed by atoms with Crippen molar-refractivity contribution in [2.75, 3.05) is 25.0 Å². The van der Waals surface area contributed by atoms with Crippen LogP contribution in [0.15, 0.2) is 64.9 Å². The number of carbonyl (C=O) groups is 1. The molecule has 6 nitrogen and oxygen atoms in total. The number of anilines is 1. The number of hydrogen-bond donors (Lipinski definition) is 1. The highest BCUT2D eigenvalue weighted by atomic mass is 32.2. The number of rotatable bonds is 7. The molecule has 3 aromatic rings. The highest BCUT2D eigenvalue weighted by Gasteiger charge is 2.30. The lowest BCUT2D eigenvalue weighted by atomic mass is 10.1. The van der Waals surface area contributed by atoms with E-state index in [0.717, 1.165) is 24.0 Å². The summed E-state index contributed by atoms with van der Waals surface area (Å²) in [6, 6.07) is 16.4. The van der Waals surface area contributed by atoms with Crippen LogP contribution in [0.2, 0.25) is 0 Å². The van der Waals surface area contributed by atoms with E-state index < -0.39 is 10.0 Å². The summed E-state index contributed by atoms with van der Waals surface area (Å²) < 4.78 is 33.4. The zero-order valence-electron chi connectivity index (χ0n) is 17.2. The monoisotopic (exact) mass is 456 g/mol. The summed E-state index contributed by atoms with van der Waals surface area (Å²) in [5, 5.41) is 4.73. The highest BCUT2D eigenvalue weighted by molar-refractivity contribution is 7.89. The molecule has 1 aliphatic heterocycles. The fraction of sp³-hybridized carbons (Fsp3) is 0.261. The molecule has 1 N–H and O–H groups in total. The molecule has 0 radical (unpaired) electrons. The average molecular weight is 457 g/mol. The third-order valence-corrected chi connectivity index (χ3v) is 7.97. The summed E-state index contributed by atoms with van der Waals surface area (Å²) in [4.78, 5) is 13.7. The molecule has 4 rings (SSSR count). The Bertz CT molecular complexity index is 1170. The topological polar surface area (TPSA) is 75.7 Å². The van der Waals surface area contributed by atoms with Crippen molar-refractivity contribution in [3.05, 3.63) is 64.9 Å². The number of thiophene rings is 1. The SMILES string of the molecule is CCOc1ccc(NC(=O)c2sccc2-c2ccccc2)cc1S(=O)(=O)N1CCCC1. The van der Waals surface area contributed by atoms with Crippen LogP contribution in [0.3, 0.4) is 0 Å². The van der Waals surface area contributed by atoms with Gasteiger partial charge in [0.15, 0.2) is 0 Å². The van der Waals surface area contributed by atoms with Crippen molar-refractivity contribution in [1.29, 1.82) is 0 Å². The molecule has 0 spiro atoms. The van der Waals surface area contributed by atoms with Crippen molar-refractivity contribution in [3.63, 3.8) is 0 Å². The van der Waals surface area contributed by atoms with Gasteiger partial charge in [-0.3, -0.25) is 4.79 Å². The summed E-state index contributed by atoms with van der Waals surface area (Å²) in [6.07, 6.45) is 1.69.